The second-order valence-electron chi connectivity index (χ2n) is 9.14. The average molecular weight is 491 g/mol. The van der Waals surface area contributed by atoms with Crippen LogP contribution in [0.25, 0.3) is 0 Å². The van der Waals surface area contributed by atoms with Gasteiger partial charge in [-0.3, -0.25) is 9.59 Å². The van der Waals surface area contributed by atoms with Crippen molar-refractivity contribution in [3.8, 4) is 11.5 Å². The number of aliphatic hydroxyl groups excluding tert-OH is 1. The standard InChI is InChI=1S/C29H34N2O5/c1-20(2)15-25(32)29(34)31-24(28(30)33)16-23-13-14-26(35-18-21-9-5-3-6-10-21)27(17-23)36-19-22-11-7-4-8-12-22/h3-14,17,20,24-25,32H,15-16,18-19H2,1-2H3,(H2,30,33)(H,31,34)/t24-,25-/m0/s1. The molecule has 0 saturated heterocycles. The number of nitrogens with two attached hydrogens (primary N) is 1. The molecule has 3 aromatic carbocycles. The summed E-state index contributed by atoms with van der Waals surface area (Å²) in [5.74, 6) is -0.0927. The van der Waals surface area contributed by atoms with Crippen molar-refractivity contribution in [2.24, 2.45) is 11.7 Å². The molecule has 0 aromatic heterocycles. The third kappa shape index (κ3) is 8.43. The molecule has 190 valence electrons. The summed E-state index contributed by atoms with van der Waals surface area (Å²) in [5, 5.41) is 12.7. The predicted molar refractivity (Wildman–Crippen MR) is 138 cm³/mol. The Morgan fingerprint density at radius 3 is 1.92 bits per heavy atom. The highest BCUT2D eigenvalue weighted by atomic mass is 16.5. The van der Waals surface area contributed by atoms with Crippen molar-refractivity contribution in [1.82, 2.24) is 5.32 Å². The summed E-state index contributed by atoms with van der Waals surface area (Å²) >= 11 is 0. The van der Waals surface area contributed by atoms with Gasteiger partial charge in [0.2, 0.25) is 11.8 Å². The molecule has 7 heteroatoms. The van der Waals surface area contributed by atoms with Gasteiger partial charge in [-0.25, -0.2) is 0 Å². The van der Waals surface area contributed by atoms with Gasteiger partial charge in [-0.05, 0) is 41.2 Å². The number of hydrogen-bond donors (Lipinski definition) is 3. The van der Waals surface area contributed by atoms with Crippen LogP contribution in [0, 0.1) is 5.92 Å². The van der Waals surface area contributed by atoms with Crippen LogP contribution in [0.5, 0.6) is 11.5 Å². The van der Waals surface area contributed by atoms with Gasteiger partial charge in [0.25, 0.3) is 0 Å². The summed E-state index contributed by atoms with van der Waals surface area (Å²) in [7, 11) is 0. The number of rotatable bonds is 13. The molecule has 0 unspecified atom stereocenters. The van der Waals surface area contributed by atoms with Crippen LogP contribution < -0.4 is 20.5 Å². The maximum Gasteiger partial charge on any atom is 0.249 e. The molecule has 36 heavy (non-hydrogen) atoms. The molecule has 0 heterocycles. The van der Waals surface area contributed by atoms with E-state index in [1.54, 1.807) is 12.1 Å². The number of primary amides is 1. The summed E-state index contributed by atoms with van der Waals surface area (Å²) in [5.41, 5.74) is 8.31. The number of amides is 2. The Balaban J connectivity index is 1.76. The maximum atomic E-state index is 12.4. The Morgan fingerprint density at radius 1 is 0.833 bits per heavy atom. The Labute approximate surface area is 212 Å². The molecule has 0 aliphatic rings. The van der Waals surface area contributed by atoms with E-state index in [1.807, 2.05) is 80.6 Å². The smallest absolute Gasteiger partial charge is 0.249 e. The third-order valence-corrected chi connectivity index (χ3v) is 5.58. The molecule has 4 N–H and O–H groups in total. The largest absolute Gasteiger partial charge is 0.485 e. The first-order chi connectivity index (χ1) is 17.3. The molecule has 0 aliphatic carbocycles. The van der Waals surface area contributed by atoms with Crippen LogP contribution in [0.1, 0.15) is 37.0 Å². The summed E-state index contributed by atoms with van der Waals surface area (Å²) < 4.78 is 12.1. The lowest BCUT2D eigenvalue weighted by Crippen LogP contribution is -2.49. The monoisotopic (exact) mass is 490 g/mol. The van der Waals surface area contributed by atoms with Crippen molar-refractivity contribution in [3.05, 3.63) is 95.6 Å². The van der Waals surface area contributed by atoms with Crippen molar-refractivity contribution >= 4 is 11.8 Å². The van der Waals surface area contributed by atoms with Crippen LogP contribution in [0.15, 0.2) is 78.9 Å². The van der Waals surface area contributed by atoms with Gasteiger partial charge in [-0.15, -0.1) is 0 Å². The Bertz CT molecular complexity index is 1120. The minimum atomic E-state index is -1.20. The van der Waals surface area contributed by atoms with Gasteiger partial charge in [0.1, 0.15) is 25.4 Å². The number of aliphatic hydroxyl groups is 1. The molecule has 2 atom stereocenters. The SMILES string of the molecule is CC(C)C[C@H](O)C(=O)N[C@@H](Cc1ccc(OCc2ccccc2)c(OCc2ccccc2)c1)C(N)=O. The zero-order valence-corrected chi connectivity index (χ0v) is 20.7. The van der Waals surface area contributed by atoms with E-state index < -0.39 is 24.0 Å². The van der Waals surface area contributed by atoms with Crippen LogP contribution >= 0.6 is 0 Å². The number of ether oxygens (including phenoxy) is 2. The highest BCUT2D eigenvalue weighted by Crippen LogP contribution is 2.30. The van der Waals surface area contributed by atoms with Gasteiger partial charge in [-0.2, -0.15) is 0 Å². The normalized spacial score (nSPS) is 12.6. The van der Waals surface area contributed by atoms with E-state index in [2.05, 4.69) is 5.32 Å². The lowest BCUT2D eigenvalue weighted by molar-refractivity contribution is -0.133. The zero-order chi connectivity index (χ0) is 25.9. The van der Waals surface area contributed by atoms with E-state index in [4.69, 9.17) is 15.2 Å². The van der Waals surface area contributed by atoms with Crippen LogP contribution in [-0.4, -0.2) is 29.1 Å². The molecule has 0 bridgehead atoms. The van der Waals surface area contributed by atoms with E-state index in [1.165, 1.54) is 0 Å². The molecule has 0 fully saturated rings. The second-order valence-corrected chi connectivity index (χ2v) is 9.14. The van der Waals surface area contributed by atoms with E-state index >= 15 is 0 Å². The fourth-order valence-electron chi connectivity index (χ4n) is 3.66. The van der Waals surface area contributed by atoms with Gasteiger partial charge in [0.15, 0.2) is 11.5 Å². The van der Waals surface area contributed by atoms with Gasteiger partial charge < -0.3 is 25.6 Å². The van der Waals surface area contributed by atoms with Gasteiger partial charge in [0, 0.05) is 6.42 Å². The van der Waals surface area contributed by atoms with E-state index in [9.17, 15) is 14.7 Å². The van der Waals surface area contributed by atoms with Crippen molar-refractivity contribution in [1.29, 1.82) is 0 Å². The van der Waals surface area contributed by atoms with Crippen molar-refractivity contribution in [2.75, 3.05) is 0 Å². The van der Waals surface area contributed by atoms with Crippen LogP contribution in [0.3, 0.4) is 0 Å². The minimum absolute atomic E-state index is 0.130. The molecule has 0 spiro atoms. The second kappa shape index (κ2) is 13.3. The highest BCUT2D eigenvalue weighted by molar-refractivity contribution is 5.88. The summed E-state index contributed by atoms with van der Waals surface area (Å²) in [4.78, 5) is 24.4. The molecule has 0 radical (unpaired) electrons. The topological polar surface area (TPSA) is 111 Å². The van der Waals surface area contributed by atoms with Crippen LogP contribution in [0.2, 0.25) is 0 Å². The molecule has 2 amide bonds. The summed E-state index contributed by atoms with van der Waals surface area (Å²) in [6.07, 6.45) is -0.761. The molecule has 7 nitrogen and oxygen atoms in total. The highest BCUT2D eigenvalue weighted by Gasteiger charge is 2.24. The van der Waals surface area contributed by atoms with Crippen LogP contribution in [-0.2, 0) is 29.2 Å². The van der Waals surface area contributed by atoms with E-state index in [-0.39, 0.29) is 12.3 Å². The number of carbonyl (C=O) groups excluding carboxylic acids is 2. The fraction of sp³-hybridized carbons (Fsp3) is 0.310. The molecule has 0 saturated carbocycles. The Hall–Kier alpha value is -3.84. The quantitative estimate of drug-likeness (QED) is 0.338. The van der Waals surface area contributed by atoms with Gasteiger partial charge in [0.05, 0.1) is 0 Å². The molecule has 3 rings (SSSR count). The third-order valence-electron chi connectivity index (χ3n) is 5.58. The molecule has 3 aromatic rings. The lowest BCUT2D eigenvalue weighted by atomic mass is 10.0. The molecular weight excluding hydrogens is 456 g/mol. The van der Waals surface area contributed by atoms with Gasteiger partial charge in [-0.1, -0.05) is 80.6 Å². The molecular formula is C29H34N2O5. The van der Waals surface area contributed by atoms with E-state index in [0.29, 0.717) is 31.1 Å². The predicted octanol–water partition coefficient (Wildman–Crippen LogP) is 3.76. The minimum Gasteiger partial charge on any atom is -0.485 e. The first kappa shape index (κ1) is 26.8. The van der Waals surface area contributed by atoms with Gasteiger partial charge >= 0.3 is 0 Å². The number of nitrogens with one attached hydrogen (secondary N) is 1. The average Bonchev–Trinajstić information content (AvgIpc) is 2.87. The van der Waals surface area contributed by atoms with Crippen molar-refractivity contribution < 1.29 is 24.2 Å². The summed E-state index contributed by atoms with van der Waals surface area (Å²) in [6.45, 7) is 4.51. The first-order valence-corrected chi connectivity index (χ1v) is 12.1. The van der Waals surface area contributed by atoms with E-state index in [0.717, 1.165) is 16.7 Å². The number of benzene rings is 3. The van der Waals surface area contributed by atoms with Crippen LogP contribution in [0.4, 0.5) is 0 Å². The molecule has 0 aliphatic heterocycles. The Morgan fingerprint density at radius 2 is 1.39 bits per heavy atom. The number of hydrogen-bond acceptors (Lipinski definition) is 5. The van der Waals surface area contributed by atoms with Crippen molar-refractivity contribution in [3.63, 3.8) is 0 Å². The van der Waals surface area contributed by atoms with Crippen molar-refractivity contribution in [2.45, 2.75) is 52.0 Å². The Kier molecular flexibility index (Phi) is 9.89. The first-order valence-electron chi connectivity index (χ1n) is 12.1. The fourth-order valence-corrected chi connectivity index (χ4v) is 3.66. The maximum absolute atomic E-state index is 12.4. The lowest BCUT2D eigenvalue weighted by Gasteiger charge is -2.20. The number of carbonyl (C=O) groups is 2. The zero-order valence-electron chi connectivity index (χ0n) is 20.7. The summed E-state index contributed by atoms with van der Waals surface area (Å²) in [6, 6.07) is 24.0.